The molecular weight excluding hydrogens is 264 g/mol. The van der Waals surface area contributed by atoms with E-state index >= 15 is 0 Å². The van der Waals surface area contributed by atoms with E-state index in [2.05, 4.69) is 21.5 Å². The summed E-state index contributed by atoms with van der Waals surface area (Å²) in [4.78, 5) is 30.1. The molecule has 6 heteroatoms. The van der Waals surface area contributed by atoms with Crippen LogP contribution in [0.2, 0.25) is 0 Å². The number of hydrogen-bond donors (Lipinski definition) is 0. The molecule has 1 heterocycles. The molecule has 1 aliphatic carbocycles. The maximum absolute atomic E-state index is 11.6. The number of anilines is 1. The molecule has 0 N–H and O–H groups in total. The molecule has 0 bridgehead atoms. The van der Waals surface area contributed by atoms with Gasteiger partial charge in [-0.25, -0.2) is 9.78 Å². The lowest BCUT2D eigenvalue weighted by Gasteiger charge is -2.19. The molecule has 0 atom stereocenters. The third kappa shape index (κ3) is 3.12. The smallest absolute Gasteiger partial charge is 0.358 e. The zero-order valence-electron chi connectivity index (χ0n) is 11.4. The van der Waals surface area contributed by atoms with Crippen molar-refractivity contribution in [1.29, 1.82) is 0 Å². The summed E-state index contributed by atoms with van der Waals surface area (Å²) < 4.78 is 4.68. The van der Waals surface area contributed by atoms with E-state index in [0.29, 0.717) is 4.88 Å². The highest BCUT2D eigenvalue weighted by molar-refractivity contribution is 7.17. The number of rotatable bonds is 6. The number of aromatic nitrogens is 1. The number of hydrogen-bond acceptors (Lipinski definition) is 6. The summed E-state index contributed by atoms with van der Waals surface area (Å²) in [6.45, 7) is 5.26. The van der Waals surface area contributed by atoms with Crippen LogP contribution in [0.15, 0.2) is 0 Å². The van der Waals surface area contributed by atoms with Gasteiger partial charge in [0, 0.05) is 20.0 Å². The van der Waals surface area contributed by atoms with Crippen molar-refractivity contribution in [2.75, 3.05) is 25.1 Å². The van der Waals surface area contributed by atoms with Crippen LogP contribution in [0.25, 0.3) is 0 Å². The summed E-state index contributed by atoms with van der Waals surface area (Å²) in [5, 5.41) is 0.736. The van der Waals surface area contributed by atoms with Crippen LogP contribution in [-0.4, -0.2) is 36.9 Å². The van der Waals surface area contributed by atoms with Crippen LogP contribution in [0.5, 0.6) is 0 Å². The second-order valence-corrected chi connectivity index (χ2v) is 5.68. The predicted molar refractivity (Wildman–Crippen MR) is 74.1 cm³/mol. The van der Waals surface area contributed by atoms with Crippen molar-refractivity contribution in [3.63, 3.8) is 0 Å². The Labute approximate surface area is 116 Å². The van der Waals surface area contributed by atoms with E-state index in [1.165, 1.54) is 38.2 Å². The van der Waals surface area contributed by atoms with Crippen LogP contribution in [0, 0.1) is 5.92 Å². The Bertz CT molecular complexity index is 494. The number of thiazole rings is 1. The summed E-state index contributed by atoms with van der Waals surface area (Å²) in [6, 6.07) is 0. The number of carbonyl (C=O) groups excluding carboxylic acids is 2. The number of ether oxygens (including phenoxy) is 1. The molecule has 104 valence electrons. The summed E-state index contributed by atoms with van der Waals surface area (Å²) in [7, 11) is 1.30. The zero-order valence-corrected chi connectivity index (χ0v) is 12.2. The normalized spacial score (nSPS) is 14.3. The topological polar surface area (TPSA) is 59.5 Å². The Morgan fingerprint density at radius 1 is 1.47 bits per heavy atom. The van der Waals surface area contributed by atoms with Gasteiger partial charge in [-0.2, -0.15) is 0 Å². The van der Waals surface area contributed by atoms with E-state index in [1.807, 2.05) is 0 Å². The predicted octanol–water partition coefficient (Wildman–Crippen LogP) is 2.37. The maximum atomic E-state index is 11.6. The Morgan fingerprint density at radius 2 is 2.16 bits per heavy atom. The molecular formula is C13H18N2O3S. The molecule has 2 rings (SSSR count). The minimum atomic E-state index is -0.546. The monoisotopic (exact) mass is 282 g/mol. The van der Waals surface area contributed by atoms with Crippen LogP contribution in [-0.2, 0) is 4.74 Å². The first-order chi connectivity index (χ1) is 9.06. The first-order valence-electron chi connectivity index (χ1n) is 6.41. The fraction of sp³-hybridized carbons (Fsp3) is 0.615. The van der Waals surface area contributed by atoms with Crippen LogP contribution in [0.4, 0.5) is 5.13 Å². The van der Waals surface area contributed by atoms with Gasteiger partial charge in [0.1, 0.15) is 4.88 Å². The number of carbonyl (C=O) groups is 2. The first-order valence-corrected chi connectivity index (χ1v) is 7.23. The molecule has 1 aromatic rings. The molecule has 1 aliphatic rings. The van der Waals surface area contributed by atoms with Crippen molar-refractivity contribution in [3.8, 4) is 0 Å². The molecule has 0 radical (unpaired) electrons. The Kier molecular flexibility index (Phi) is 4.19. The third-order valence-corrected chi connectivity index (χ3v) is 4.36. The molecule has 0 unspecified atom stereocenters. The molecule has 1 fully saturated rings. The lowest BCUT2D eigenvalue weighted by molar-refractivity contribution is 0.0591. The molecule has 0 amide bonds. The lowest BCUT2D eigenvalue weighted by Crippen LogP contribution is -2.25. The fourth-order valence-electron chi connectivity index (χ4n) is 1.87. The molecule has 1 aromatic heterocycles. The molecule has 1 saturated carbocycles. The first kappa shape index (κ1) is 14.0. The summed E-state index contributed by atoms with van der Waals surface area (Å²) in [5.74, 6) is 0.0352. The average Bonchev–Trinajstić information content (AvgIpc) is 3.10. The van der Waals surface area contributed by atoms with Gasteiger partial charge >= 0.3 is 5.97 Å². The fourth-order valence-corrected chi connectivity index (χ4v) is 2.89. The van der Waals surface area contributed by atoms with Gasteiger partial charge < -0.3 is 9.64 Å². The van der Waals surface area contributed by atoms with Gasteiger partial charge in [-0.15, -0.1) is 0 Å². The molecule has 5 nitrogen and oxygen atoms in total. The van der Waals surface area contributed by atoms with Crippen molar-refractivity contribution in [2.45, 2.75) is 26.7 Å². The van der Waals surface area contributed by atoms with Crippen LogP contribution >= 0.6 is 11.3 Å². The van der Waals surface area contributed by atoms with Crippen LogP contribution < -0.4 is 4.90 Å². The minimum absolute atomic E-state index is 0.143. The van der Waals surface area contributed by atoms with Gasteiger partial charge in [-0.3, -0.25) is 4.79 Å². The molecule has 19 heavy (non-hydrogen) atoms. The molecule has 0 aromatic carbocycles. The van der Waals surface area contributed by atoms with Crippen molar-refractivity contribution in [2.24, 2.45) is 5.92 Å². The Balaban J connectivity index is 2.29. The molecule has 0 spiro atoms. The Hall–Kier alpha value is -1.43. The van der Waals surface area contributed by atoms with Gasteiger partial charge in [0.25, 0.3) is 0 Å². The SMILES string of the molecule is CCN(CC1CC1)c1nc(C(=O)OC)c(C(C)=O)s1. The second-order valence-electron chi connectivity index (χ2n) is 4.70. The second kappa shape index (κ2) is 5.69. The summed E-state index contributed by atoms with van der Waals surface area (Å²) >= 11 is 1.28. The highest BCUT2D eigenvalue weighted by Gasteiger charge is 2.28. The number of methoxy groups -OCH3 is 1. The average molecular weight is 282 g/mol. The van der Waals surface area contributed by atoms with Crippen LogP contribution in [0.3, 0.4) is 0 Å². The number of Topliss-reactive ketones (excluding diaryl/α,β-unsaturated/α-hetero) is 1. The van der Waals surface area contributed by atoms with E-state index in [9.17, 15) is 9.59 Å². The van der Waals surface area contributed by atoms with E-state index in [4.69, 9.17) is 0 Å². The van der Waals surface area contributed by atoms with E-state index < -0.39 is 5.97 Å². The minimum Gasteiger partial charge on any atom is -0.464 e. The van der Waals surface area contributed by atoms with Gasteiger partial charge in [0.2, 0.25) is 0 Å². The number of esters is 1. The maximum Gasteiger partial charge on any atom is 0.358 e. The summed E-state index contributed by atoms with van der Waals surface area (Å²) in [6.07, 6.45) is 2.51. The standard InChI is InChI=1S/C13H18N2O3S/c1-4-15(7-9-5-6-9)13-14-10(12(17)18-3)11(19-13)8(2)16/h9H,4-7H2,1-3H3. The van der Waals surface area contributed by atoms with Crippen molar-refractivity contribution in [3.05, 3.63) is 10.6 Å². The number of ketones is 1. The van der Waals surface area contributed by atoms with Gasteiger partial charge in [-0.1, -0.05) is 11.3 Å². The lowest BCUT2D eigenvalue weighted by atomic mass is 10.3. The largest absolute Gasteiger partial charge is 0.464 e. The molecule has 0 saturated heterocycles. The summed E-state index contributed by atoms with van der Waals surface area (Å²) in [5.41, 5.74) is 0.143. The van der Waals surface area contributed by atoms with Crippen molar-refractivity contribution >= 4 is 28.2 Å². The van der Waals surface area contributed by atoms with Crippen molar-refractivity contribution < 1.29 is 14.3 Å². The van der Waals surface area contributed by atoms with E-state index in [-0.39, 0.29) is 11.5 Å². The quantitative estimate of drug-likeness (QED) is 0.592. The number of nitrogens with zero attached hydrogens (tertiary/aromatic N) is 2. The van der Waals surface area contributed by atoms with Gasteiger partial charge in [0.05, 0.1) is 7.11 Å². The van der Waals surface area contributed by atoms with Gasteiger partial charge in [0.15, 0.2) is 16.6 Å². The highest BCUT2D eigenvalue weighted by atomic mass is 32.1. The zero-order chi connectivity index (χ0) is 14.0. The van der Waals surface area contributed by atoms with Crippen molar-refractivity contribution in [1.82, 2.24) is 4.98 Å². The van der Waals surface area contributed by atoms with E-state index in [1.54, 1.807) is 0 Å². The van der Waals surface area contributed by atoms with E-state index in [0.717, 1.165) is 24.1 Å². The van der Waals surface area contributed by atoms with Gasteiger partial charge in [-0.05, 0) is 25.7 Å². The van der Waals surface area contributed by atoms with Crippen LogP contribution in [0.1, 0.15) is 46.8 Å². The Morgan fingerprint density at radius 3 is 2.63 bits per heavy atom. The molecule has 0 aliphatic heterocycles. The third-order valence-electron chi connectivity index (χ3n) is 3.14. The highest BCUT2D eigenvalue weighted by Crippen LogP contribution is 2.33.